The third kappa shape index (κ3) is 3.98. The first-order valence-electron chi connectivity index (χ1n) is 3.86. The minimum atomic E-state index is -1.20. The molecular formula is C8H16O3. The molecule has 0 spiro atoms. The molecule has 2 atom stereocenters. The first-order valence-corrected chi connectivity index (χ1v) is 3.86. The number of aliphatic hydroxyl groups is 1. The highest BCUT2D eigenvalue weighted by atomic mass is 16.4. The summed E-state index contributed by atoms with van der Waals surface area (Å²) in [6.45, 7) is 5.97. The molecule has 2 N–H and O–H groups in total. The van der Waals surface area contributed by atoms with E-state index in [2.05, 4.69) is 0 Å². The lowest BCUT2D eigenvalue weighted by Crippen LogP contribution is -2.23. The number of carbonyl (C=O) groups is 1. The van der Waals surface area contributed by atoms with Crippen molar-refractivity contribution in [3.05, 3.63) is 0 Å². The first kappa shape index (κ1) is 10.4. The van der Waals surface area contributed by atoms with Crippen molar-refractivity contribution in [2.45, 2.75) is 33.3 Å². The molecular weight excluding hydrogens is 144 g/mol. The van der Waals surface area contributed by atoms with E-state index >= 15 is 0 Å². The number of rotatable bonds is 4. The Bertz CT molecular complexity index is 131. The maximum atomic E-state index is 10.2. The topological polar surface area (TPSA) is 57.5 Å². The second-order valence-electron chi connectivity index (χ2n) is 3.31. The molecule has 0 fully saturated rings. The first-order chi connectivity index (χ1) is 4.95. The van der Waals surface area contributed by atoms with E-state index < -0.39 is 12.1 Å². The lowest BCUT2D eigenvalue weighted by Gasteiger charge is -2.16. The predicted molar refractivity (Wildman–Crippen MR) is 42.3 cm³/mol. The lowest BCUT2D eigenvalue weighted by atomic mass is 9.92. The van der Waals surface area contributed by atoms with E-state index in [1.807, 2.05) is 20.8 Å². The summed E-state index contributed by atoms with van der Waals surface area (Å²) in [7, 11) is 0. The number of carboxylic acids is 1. The molecule has 1 unspecified atom stereocenters. The maximum absolute atomic E-state index is 10.2. The Balaban J connectivity index is 3.75. The van der Waals surface area contributed by atoms with Crippen molar-refractivity contribution in [2.75, 3.05) is 0 Å². The molecule has 11 heavy (non-hydrogen) atoms. The van der Waals surface area contributed by atoms with Gasteiger partial charge in [0.25, 0.3) is 0 Å². The maximum Gasteiger partial charge on any atom is 0.332 e. The van der Waals surface area contributed by atoms with Gasteiger partial charge < -0.3 is 10.2 Å². The number of hydrogen-bond donors (Lipinski definition) is 2. The molecule has 0 rings (SSSR count). The van der Waals surface area contributed by atoms with Crippen LogP contribution in [-0.2, 0) is 4.79 Å². The van der Waals surface area contributed by atoms with Gasteiger partial charge in [0.15, 0.2) is 6.10 Å². The van der Waals surface area contributed by atoms with Crippen LogP contribution in [0.3, 0.4) is 0 Å². The number of carboxylic acid groups (broad SMARTS) is 1. The molecule has 0 aromatic rings. The average Bonchev–Trinajstić information content (AvgIpc) is 1.87. The Morgan fingerprint density at radius 3 is 2.09 bits per heavy atom. The van der Waals surface area contributed by atoms with Crippen LogP contribution in [0, 0.1) is 11.8 Å². The molecule has 0 bridgehead atoms. The van der Waals surface area contributed by atoms with Crippen molar-refractivity contribution in [3.8, 4) is 0 Å². The molecule has 0 aromatic heterocycles. The van der Waals surface area contributed by atoms with Crippen LogP contribution in [0.5, 0.6) is 0 Å². The van der Waals surface area contributed by atoms with Gasteiger partial charge in [0.1, 0.15) is 0 Å². The van der Waals surface area contributed by atoms with Gasteiger partial charge in [0.05, 0.1) is 0 Å². The van der Waals surface area contributed by atoms with Crippen LogP contribution in [0.15, 0.2) is 0 Å². The van der Waals surface area contributed by atoms with Gasteiger partial charge >= 0.3 is 5.97 Å². The monoisotopic (exact) mass is 160 g/mol. The Labute approximate surface area is 67.0 Å². The molecule has 3 nitrogen and oxygen atoms in total. The highest BCUT2D eigenvalue weighted by Gasteiger charge is 2.18. The molecule has 0 saturated heterocycles. The minimum Gasteiger partial charge on any atom is -0.479 e. The normalized spacial score (nSPS) is 16.5. The van der Waals surface area contributed by atoms with Crippen molar-refractivity contribution in [3.63, 3.8) is 0 Å². The fourth-order valence-corrected chi connectivity index (χ4v) is 0.725. The zero-order chi connectivity index (χ0) is 9.02. The number of aliphatic carboxylic acids is 1. The van der Waals surface area contributed by atoms with Crippen molar-refractivity contribution < 1.29 is 15.0 Å². The Kier molecular flexibility index (Phi) is 4.11. The quantitative estimate of drug-likeness (QED) is 0.647. The van der Waals surface area contributed by atoms with E-state index in [4.69, 9.17) is 10.2 Å². The Morgan fingerprint density at radius 1 is 1.36 bits per heavy atom. The molecule has 0 aliphatic carbocycles. The summed E-state index contributed by atoms with van der Waals surface area (Å²) in [6.07, 6.45) is -0.861. The largest absolute Gasteiger partial charge is 0.479 e. The molecule has 0 aliphatic heterocycles. The third-order valence-electron chi connectivity index (χ3n) is 2.02. The van der Waals surface area contributed by atoms with Gasteiger partial charge in [-0.1, -0.05) is 20.8 Å². The van der Waals surface area contributed by atoms with Gasteiger partial charge in [0.2, 0.25) is 0 Å². The summed E-state index contributed by atoms with van der Waals surface area (Å²) in [5.74, 6) is -0.456. The van der Waals surface area contributed by atoms with E-state index in [1.54, 1.807) is 0 Å². The van der Waals surface area contributed by atoms with Gasteiger partial charge in [-0.15, -0.1) is 0 Å². The second kappa shape index (κ2) is 4.34. The standard InChI is InChI=1S/C8H16O3/c1-5(2)6(3)4-7(9)8(10)11/h5-7,9H,4H2,1-3H3,(H,10,11)/t6?,7-/m0/s1. The SMILES string of the molecule is CC(C)C(C)C[C@H](O)C(=O)O. The molecule has 0 heterocycles. The summed E-state index contributed by atoms with van der Waals surface area (Å²) in [4.78, 5) is 10.2. The lowest BCUT2D eigenvalue weighted by molar-refractivity contribution is -0.147. The van der Waals surface area contributed by atoms with Crippen LogP contribution < -0.4 is 0 Å². The second-order valence-corrected chi connectivity index (χ2v) is 3.31. The molecule has 3 heteroatoms. The van der Waals surface area contributed by atoms with Crippen molar-refractivity contribution >= 4 is 5.97 Å². The van der Waals surface area contributed by atoms with Gasteiger partial charge in [-0.3, -0.25) is 0 Å². The van der Waals surface area contributed by atoms with E-state index in [0.717, 1.165) is 0 Å². The van der Waals surface area contributed by atoms with E-state index in [-0.39, 0.29) is 5.92 Å². The van der Waals surface area contributed by atoms with E-state index in [9.17, 15) is 4.79 Å². The fourth-order valence-electron chi connectivity index (χ4n) is 0.725. The van der Waals surface area contributed by atoms with Gasteiger partial charge in [-0.05, 0) is 18.3 Å². The van der Waals surface area contributed by atoms with Crippen LogP contribution in [0.1, 0.15) is 27.2 Å². The van der Waals surface area contributed by atoms with Crippen LogP contribution in [0.2, 0.25) is 0 Å². The number of hydrogen-bond acceptors (Lipinski definition) is 2. The molecule has 0 aromatic carbocycles. The summed E-state index contributed by atoms with van der Waals surface area (Å²) in [5.41, 5.74) is 0. The van der Waals surface area contributed by atoms with E-state index in [0.29, 0.717) is 12.3 Å². The Morgan fingerprint density at radius 2 is 1.82 bits per heavy atom. The van der Waals surface area contributed by atoms with Crippen molar-refractivity contribution in [1.82, 2.24) is 0 Å². The van der Waals surface area contributed by atoms with Gasteiger partial charge in [-0.25, -0.2) is 4.79 Å². The average molecular weight is 160 g/mol. The summed E-state index contributed by atoms with van der Waals surface area (Å²) >= 11 is 0. The zero-order valence-electron chi connectivity index (χ0n) is 7.24. The van der Waals surface area contributed by atoms with Crippen LogP contribution in [0.25, 0.3) is 0 Å². The fraction of sp³-hybridized carbons (Fsp3) is 0.875. The van der Waals surface area contributed by atoms with Crippen LogP contribution >= 0.6 is 0 Å². The van der Waals surface area contributed by atoms with Crippen molar-refractivity contribution in [2.24, 2.45) is 11.8 Å². The van der Waals surface area contributed by atoms with E-state index in [1.165, 1.54) is 0 Å². The predicted octanol–water partition coefficient (Wildman–Crippen LogP) is 1.11. The molecule has 66 valence electrons. The van der Waals surface area contributed by atoms with Crippen LogP contribution in [0.4, 0.5) is 0 Å². The smallest absolute Gasteiger partial charge is 0.332 e. The highest BCUT2D eigenvalue weighted by Crippen LogP contribution is 2.15. The molecule has 0 aliphatic rings. The third-order valence-corrected chi connectivity index (χ3v) is 2.02. The summed E-state index contributed by atoms with van der Waals surface area (Å²) in [6, 6.07) is 0. The minimum absolute atomic E-state index is 0.251. The Hall–Kier alpha value is -0.570. The number of aliphatic hydroxyl groups excluding tert-OH is 1. The molecule has 0 radical (unpaired) electrons. The zero-order valence-corrected chi connectivity index (χ0v) is 7.24. The van der Waals surface area contributed by atoms with Gasteiger partial charge in [-0.2, -0.15) is 0 Å². The van der Waals surface area contributed by atoms with Crippen molar-refractivity contribution in [1.29, 1.82) is 0 Å². The summed E-state index contributed by atoms with van der Waals surface area (Å²) < 4.78 is 0. The molecule has 0 amide bonds. The van der Waals surface area contributed by atoms with Crippen LogP contribution in [-0.4, -0.2) is 22.3 Å². The summed E-state index contributed by atoms with van der Waals surface area (Å²) in [5, 5.41) is 17.3. The van der Waals surface area contributed by atoms with Gasteiger partial charge in [0, 0.05) is 0 Å². The molecule has 0 saturated carbocycles. The highest BCUT2D eigenvalue weighted by molar-refractivity contribution is 5.71.